The summed E-state index contributed by atoms with van der Waals surface area (Å²) in [5, 5.41) is 9.50. The second-order valence-corrected chi connectivity index (χ2v) is 22.6. The summed E-state index contributed by atoms with van der Waals surface area (Å²) in [6, 6.07) is 38.0. The van der Waals surface area contributed by atoms with Crippen molar-refractivity contribution < 1.29 is 86.3 Å². The van der Waals surface area contributed by atoms with Gasteiger partial charge in [-0.1, -0.05) is 135 Å². The summed E-state index contributed by atoms with van der Waals surface area (Å²) >= 11 is 0. The summed E-state index contributed by atoms with van der Waals surface area (Å²) in [5.41, 5.74) is -8.43. The molecule has 0 saturated carbocycles. The van der Waals surface area contributed by atoms with E-state index in [2.05, 4.69) is 16.3 Å². The quantitative estimate of drug-likeness (QED) is 0.0489. The van der Waals surface area contributed by atoms with Crippen LogP contribution in [0.5, 0.6) is 0 Å². The fourth-order valence-electron chi connectivity index (χ4n) is 11.3. The number of carbonyl (C=O) groups is 2. The van der Waals surface area contributed by atoms with Gasteiger partial charge in [-0.15, -0.1) is 6.58 Å². The zero-order chi connectivity index (χ0) is 66.5. The van der Waals surface area contributed by atoms with E-state index in [1.807, 2.05) is 12.1 Å². The molecule has 6 aromatic carbocycles. The van der Waals surface area contributed by atoms with Crippen molar-refractivity contribution in [3.63, 3.8) is 0 Å². The molecule has 0 aromatic heterocycles. The van der Waals surface area contributed by atoms with Crippen LogP contribution in [0.25, 0.3) is 9.69 Å². The van der Waals surface area contributed by atoms with E-state index in [4.69, 9.17) is 32.1 Å². The molecule has 8 rings (SSSR count). The number of hydrogen-bond acceptors (Lipinski definition) is 7. The van der Waals surface area contributed by atoms with Crippen LogP contribution >= 0.6 is 0 Å². The van der Waals surface area contributed by atoms with Gasteiger partial charge in [-0.3, -0.25) is 9.80 Å². The van der Waals surface area contributed by atoms with Gasteiger partial charge in [-0.25, -0.2) is 22.7 Å². The Kier molecular flexibility index (Phi) is 24.0. The van der Waals surface area contributed by atoms with Crippen molar-refractivity contribution in [1.82, 2.24) is 9.80 Å². The first-order valence-electron chi connectivity index (χ1n) is 28.8. The number of nitrogens with zero attached hydrogens (tertiary/aromatic N) is 4. The third-order valence-electron chi connectivity index (χ3n) is 16.5. The minimum atomic E-state index is -5.03. The van der Waals surface area contributed by atoms with Crippen molar-refractivity contribution in [3.8, 4) is 0 Å². The molecular weight excluding hydrogens is 1220 g/mol. The van der Waals surface area contributed by atoms with Crippen molar-refractivity contribution >= 4 is 12.2 Å². The molecule has 1 N–H and O–H groups in total. The van der Waals surface area contributed by atoms with Gasteiger partial charge >= 0.3 is 36.9 Å². The molecule has 2 amide bonds. The summed E-state index contributed by atoms with van der Waals surface area (Å²) in [7, 11) is 0. The van der Waals surface area contributed by atoms with E-state index in [1.165, 1.54) is 23.6 Å². The maximum Gasteiger partial charge on any atom is 0.416 e. The largest absolute Gasteiger partial charge is 0.445 e. The molecule has 0 spiro atoms. The predicted molar refractivity (Wildman–Crippen MR) is 320 cm³/mol. The van der Waals surface area contributed by atoms with Crippen molar-refractivity contribution in [3.05, 3.63) is 249 Å². The summed E-state index contributed by atoms with van der Waals surface area (Å²) in [6.07, 6.45) is -20.6. The molecule has 2 aliphatic heterocycles. The highest BCUT2D eigenvalue weighted by Gasteiger charge is 2.57. The fourth-order valence-corrected chi connectivity index (χ4v) is 11.3. The van der Waals surface area contributed by atoms with Crippen LogP contribution in [0, 0.1) is 13.1 Å². The van der Waals surface area contributed by atoms with Crippen LogP contribution in [0.3, 0.4) is 0 Å². The standard InChI is InChI=1S/C34H34F6N2O4.C34H32F6N2O3.CH4/c1-24(26-18-28(33(35,36)37)20-29(19-26)34(38,39)40)46-23-32(27-12-7-4-8-13-27)16-15-31(41-2,14-9-17-43)22-42(32)30(44)45-21-25-10-5-3-6-11-25;1-4-15-31(41-3)16-17-32(27-13-9-6-10-14-27,42(22-31)30(43)44-21-25-11-7-5-8-12-25)23-45-24(2)26-18-28(33(35,36)37)20-29(19-26)34(38,39)40;/h3-8,10-13,18-20,24,43H,9,14-17,21-23H2,1H3;4-14,18-20,24H,1,15-17,21-23H2,2H3;1H4/t2*24-,31?,32-;/m11./s1. The lowest BCUT2D eigenvalue weighted by molar-refractivity contribution is -0.145. The van der Waals surface area contributed by atoms with Crippen molar-refractivity contribution in [2.45, 2.75) is 139 Å². The van der Waals surface area contributed by atoms with Crippen molar-refractivity contribution in [1.29, 1.82) is 0 Å². The number of benzene rings is 6. The Bertz CT molecular complexity index is 3430. The number of amides is 2. The number of aliphatic hydroxyl groups is 1. The number of rotatable bonds is 19. The second kappa shape index (κ2) is 30.4. The summed E-state index contributed by atoms with van der Waals surface area (Å²) in [5.74, 6) is 0. The van der Waals surface area contributed by atoms with E-state index in [0.717, 1.165) is 5.56 Å². The zero-order valence-electron chi connectivity index (χ0n) is 49.6. The van der Waals surface area contributed by atoms with E-state index >= 15 is 0 Å². The molecule has 11 nitrogen and oxygen atoms in total. The van der Waals surface area contributed by atoms with Gasteiger partial charge in [-0.05, 0) is 103 Å². The average molecular weight is 1300 g/mol. The normalized spacial score (nSPS) is 20.8. The van der Waals surface area contributed by atoms with Gasteiger partial charge in [0.25, 0.3) is 5.54 Å². The maximum atomic E-state index is 13.9. The lowest BCUT2D eigenvalue weighted by Gasteiger charge is -2.49. The third-order valence-corrected chi connectivity index (χ3v) is 16.5. The van der Waals surface area contributed by atoms with Crippen LogP contribution in [-0.2, 0) is 67.9 Å². The maximum absolute atomic E-state index is 13.9. The number of hydrogen-bond donors (Lipinski definition) is 1. The molecule has 0 bridgehead atoms. The molecule has 0 aliphatic carbocycles. The number of carbonyl (C=O) groups excluding carboxylic acids is 2. The summed E-state index contributed by atoms with van der Waals surface area (Å²) in [6.45, 7) is 21.4. The van der Waals surface area contributed by atoms with Crippen molar-refractivity contribution in [2.24, 2.45) is 0 Å². The molecule has 6 aromatic rings. The van der Waals surface area contributed by atoms with Crippen LogP contribution in [-0.4, -0.2) is 71.1 Å². The number of piperidine rings is 2. The molecule has 23 heteroatoms. The number of alkyl halides is 12. The molecule has 2 unspecified atom stereocenters. The number of halogens is 12. The SMILES string of the molecule is C.[C-]#[N+]C1(CC=C)CC[C@@](CO[C@H](C)c2cc(C(F)(F)F)cc(C(F)(F)F)c2)(c2ccccc2)N(C(=O)OCc2ccccc2)C1.[C-]#[N+]C1(CCCO)CC[C@@](CO[C@H](C)c2cc(C(F)(F)F)cc(C(F)(F)F)c2)(c2ccccc2)N(C(=O)OCc2ccccc2)C1. The van der Waals surface area contributed by atoms with Crippen LogP contribution in [0.15, 0.2) is 170 Å². The van der Waals surface area contributed by atoms with Gasteiger partial charge in [0.15, 0.2) is 0 Å². The van der Waals surface area contributed by atoms with E-state index in [-0.39, 0.29) is 102 Å². The number of ether oxygens (including phenoxy) is 4. The first-order valence-corrected chi connectivity index (χ1v) is 28.8. The lowest BCUT2D eigenvalue weighted by Crippen LogP contribution is -2.61. The predicted octanol–water partition coefficient (Wildman–Crippen LogP) is 18.6. The molecule has 2 fully saturated rings. The smallest absolute Gasteiger partial charge is 0.416 e. The third kappa shape index (κ3) is 17.8. The minimum absolute atomic E-state index is 0. The van der Waals surface area contributed by atoms with E-state index in [1.54, 1.807) is 115 Å². The number of likely N-dealkylation sites (tertiary alicyclic amines) is 2. The highest BCUT2D eigenvalue weighted by Crippen LogP contribution is 2.48. The van der Waals surface area contributed by atoms with E-state index < -0.39 is 93.5 Å². The van der Waals surface area contributed by atoms with Crippen molar-refractivity contribution in [2.75, 3.05) is 32.9 Å². The molecule has 0 radical (unpaired) electrons. The first-order chi connectivity index (χ1) is 43.0. The van der Waals surface area contributed by atoms with Crippen LogP contribution in [0.1, 0.15) is 134 Å². The van der Waals surface area contributed by atoms with Gasteiger partial charge < -0.3 is 33.7 Å². The second-order valence-electron chi connectivity index (χ2n) is 22.6. The molecule has 2 aliphatic rings. The van der Waals surface area contributed by atoms with E-state index in [9.17, 15) is 67.4 Å². The Balaban J connectivity index is 0.000000289. The van der Waals surface area contributed by atoms with Gasteiger partial charge in [0, 0.05) is 32.3 Å². The average Bonchev–Trinajstić information content (AvgIpc) is 0.772. The van der Waals surface area contributed by atoms with Gasteiger partial charge in [0.2, 0.25) is 5.54 Å². The fraction of sp³-hybridized carbons (Fsp3) is 0.391. The Morgan fingerprint density at radius 1 is 0.543 bits per heavy atom. The topological polar surface area (TPSA) is 106 Å². The van der Waals surface area contributed by atoms with Crippen LogP contribution in [0.4, 0.5) is 62.3 Å². The van der Waals surface area contributed by atoms with Gasteiger partial charge in [0.1, 0.15) is 26.3 Å². The van der Waals surface area contributed by atoms with Crippen LogP contribution < -0.4 is 0 Å². The lowest BCUT2D eigenvalue weighted by atomic mass is 9.73. The molecule has 2 heterocycles. The monoisotopic (exact) mass is 1290 g/mol. The highest BCUT2D eigenvalue weighted by molar-refractivity contribution is 5.71. The number of aliphatic hydroxyl groups excluding tert-OH is 1. The Labute approximate surface area is 526 Å². The van der Waals surface area contributed by atoms with E-state index in [0.29, 0.717) is 60.2 Å². The minimum Gasteiger partial charge on any atom is -0.445 e. The zero-order valence-corrected chi connectivity index (χ0v) is 49.6. The first kappa shape index (κ1) is 72.7. The Morgan fingerprint density at radius 2 is 0.870 bits per heavy atom. The Morgan fingerprint density at radius 3 is 1.18 bits per heavy atom. The van der Waals surface area contributed by atoms with Gasteiger partial charge in [-0.2, -0.15) is 52.7 Å². The highest BCUT2D eigenvalue weighted by atomic mass is 19.4. The molecule has 92 heavy (non-hydrogen) atoms. The Hall–Kier alpha value is -8.38. The summed E-state index contributed by atoms with van der Waals surface area (Å²) < 4.78 is 186. The molecule has 6 atom stereocenters. The summed E-state index contributed by atoms with van der Waals surface area (Å²) in [4.78, 5) is 38.3. The molecule has 492 valence electrons. The molecular formula is C69H70F12N4O7. The van der Waals surface area contributed by atoms with Gasteiger partial charge in [0.05, 0.1) is 58.8 Å². The molecule has 2 saturated heterocycles. The van der Waals surface area contributed by atoms with Crippen LogP contribution in [0.2, 0.25) is 0 Å².